The van der Waals surface area contributed by atoms with E-state index < -0.39 is 17.0 Å². The minimum atomic E-state index is -0.801. The summed E-state index contributed by atoms with van der Waals surface area (Å²) < 4.78 is 21.0. The number of aliphatic hydroxyl groups is 1. The van der Waals surface area contributed by atoms with E-state index >= 15 is 0 Å². The van der Waals surface area contributed by atoms with Gasteiger partial charge in [0.05, 0.1) is 16.7 Å². The molecule has 3 nitrogen and oxygen atoms in total. The standard InChI is InChI=1S/C19H18BrClFNO2/c1-18(24)9-15(23-10-18)19(11-5-3-2-4-6-11)8-12-14(25-19)7-13(22)17(21)16(12)20/h2-7,15,23-24H,8-10H2,1H3/t15?,18?,19-/m0/s1. The van der Waals surface area contributed by atoms with E-state index in [2.05, 4.69) is 21.2 Å². The van der Waals surface area contributed by atoms with E-state index in [-0.39, 0.29) is 11.1 Å². The molecule has 0 saturated carbocycles. The third-order valence-corrected chi connectivity index (χ3v) is 6.63. The SMILES string of the molecule is CC1(O)CNC([C@@]2(c3ccccc3)Cc3c(cc(F)c(Cl)c3Br)O2)C1. The maximum atomic E-state index is 14.1. The Morgan fingerprint density at radius 3 is 2.72 bits per heavy atom. The largest absolute Gasteiger partial charge is 0.480 e. The van der Waals surface area contributed by atoms with Gasteiger partial charge in [0.15, 0.2) is 5.60 Å². The molecule has 4 rings (SSSR count). The predicted molar refractivity (Wildman–Crippen MR) is 98.6 cm³/mol. The van der Waals surface area contributed by atoms with Crippen molar-refractivity contribution in [1.29, 1.82) is 0 Å². The lowest BCUT2D eigenvalue weighted by Gasteiger charge is -2.35. The Kier molecular flexibility index (Phi) is 4.11. The van der Waals surface area contributed by atoms with Crippen LogP contribution < -0.4 is 10.1 Å². The van der Waals surface area contributed by atoms with Gasteiger partial charge >= 0.3 is 0 Å². The fourth-order valence-corrected chi connectivity index (χ4v) is 4.59. The zero-order valence-electron chi connectivity index (χ0n) is 13.7. The first-order valence-electron chi connectivity index (χ1n) is 8.19. The fourth-order valence-electron chi connectivity index (χ4n) is 3.90. The Hall–Kier alpha value is -1.14. The zero-order chi connectivity index (χ0) is 17.8. The Morgan fingerprint density at radius 2 is 2.08 bits per heavy atom. The summed E-state index contributed by atoms with van der Waals surface area (Å²) in [4.78, 5) is 0. The average Bonchev–Trinajstić information content (AvgIpc) is 3.15. The Bertz CT molecular complexity index is 830. The molecule has 2 aliphatic heterocycles. The molecule has 2 aliphatic rings. The van der Waals surface area contributed by atoms with Gasteiger partial charge in [-0.15, -0.1) is 0 Å². The molecule has 3 atom stereocenters. The number of benzene rings is 2. The number of fused-ring (bicyclic) bond motifs is 1. The molecule has 6 heteroatoms. The van der Waals surface area contributed by atoms with Gasteiger partial charge in [0.1, 0.15) is 11.6 Å². The highest BCUT2D eigenvalue weighted by Gasteiger charge is 2.53. The van der Waals surface area contributed by atoms with E-state index in [4.69, 9.17) is 16.3 Å². The van der Waals surface area contributed by atoms with Gasteiger partial charge in [-0.1, -0.05) is 41.9 Å². The van der Waals surface area contributed by atoms with Gasteiger partial charge in [-0.05, 0) is 34.8 Å². The van der Waals surface area contributed by atoms with Crippen molar-refractivity contribution < 1.29 is 14.2 Å². The van der Waals surface area contributed by atoms with Crippen LogP contribution in [0.3, 0.4) is 0 Å². The molecule has 0 spiro atoms. The molecule has 2 heterocycles. The number of ether oxygens (including phenoxy) is 1. The average molecular weight is 427 g/mol. The third-order valence-electron chi connectivity index (χ3n) is 5.15. The topological polar surface area (TPSA) is 41.5 Å². The smallest absolute Gasteiger partial charge is 0.153 e. The van der Waals surface area contributed by atoms with Crippen LogP contribution in [0, 0.1) is 5.82 Å². The Morgan fingerprint density at radius 1 is 1.36 bits per heavy atom. The second-order valence-corrected chi connectivity index (χ2v) is 8.30. The first-order chi connectivity index (χ1) is 11.8. The molecule has 0 radical (unpaired) electrons. The van der Waals surface area contributed by atoms with E-state index in [1.807, 2.05) is 37.3 Å². The number of hydrogen-bond acceptors (Lipinski definition) is 3. The lowest BCUT2D eigenvalue weighted by atomic mass is 9.80. The quantitative estimate of drug-likeness (QED) is 0.708. The Balaban J connectivity index is 1.83. The molecule has 2 aromatic carbocycles. The summed E-state index contributed by atoms with van der Waals surface area (Å²) in [5.41, 5.74) is 0.322. The first kappa shape index (κ1) is 17.3. The van der Waals surface area contributed by atoms with Crippen molar-refractivity contribution in [3.63, 3.8) is 0 Å². The van der Waals surface area contributed by atoms with Crippen LogP contribution in [-0.2, 0) is 12.0 Å². The number of nitrogens with one attached hydrogen (secondary N) is 1. The normalized spacial score (nSPS) is 31.0. The number of rotatable bonds is 2. The van der Waals surface area contributed by atoms with E-state index in [1.54, 1.807) is 0 Å². The van der Waals surface area contributed by atoms with Crippen molar-refractivity contribution in [2.75, 3.05) is 6.54 Å². The molecular formula is C19H18BrClFNO2. The summed E-state index contributed by atoms with van der Waals surface area (Å²) in [7, 11) is 0. The van der Waals surface area contributed by atoms with Crippen LogP contribution >= 0.6 is 27.5 Å². The third kappa shape index (κ3) is 2.78. The van der Waals surface area contributed by atoms with Crippen LogP contribution in [0.1, 0.15) is 24.5 Å². The van der Waals surface area contributed by atoms with Gasteiger partial charge in [0.2, 0.25) is 0 Å². The lowest BCUT2D eigenvalue weighted by molar-refractivity contribution is 0.0319. The molecule has 1 saturated heterocycles. The van der Waals surface area contributed by atoms with Gasteiger partial charge in [-0.2, -0.15) is 0 Å². The van der Waals surface area contributed by atoms with E-state index in [0.717, 1.165) is 11.1 Å². The van der Waals surface area contributed by atoms with Crippen molar-refractivity contribution in [2.45, 2.75) is 37.0 Å². The minimum absolute atomic E-state index is 0.0672. The van der Waals surface area contributed by atoms with Crippen LogP contribution in [0.2, 0.25) is 5.02 Å². The highest BCUT2D eigenvalue weighted by Crippen LogP contribution is 2.50. The fraction of sp³-hybridized carbons (Fsp3) is 0.368. The second kappa shape index (κ2) is 5.95. The van der Waals surface area contributed by atoms with E-state index in [9.17, 15) is 9.50 Å². The minimum Gasteiger partial charge on any atom is -0.480 e. The number of halogens is 3. The molecule has 2 aromatic rings. The maximum absolute atomic E-state index is 14.1. The lowest BCUT2D eigenvalue weighted by Crippen LogP contribution is -2.49. The molecule has 0 bridgehead atoms. The second-order valence-electron chi connectivity index (χ2n) is 7.13. The molecule has 1 fully saturated rings. The van der Waals surface area contributed by atoms with Crippen molar-refractivity contribution in [3.8, 4) is 5.75 Å². The van der Waals surface area contributed by atoms with E-state index in [0.29, 0.717) is 29.6 Å². The van der Waals surface area contributed by atoms with E-state index in [1.165, 1.54) is 6.07 Å². The molecule has 0 amide bonds. The summed E-state index contributed by atoms with van der Waals surface area (Å²) >= 11 is 9.49. The number of hydrogen-bond donors (Lipinski definition) is 2. The monoisotopic (exact) mass is 425 g/mol. The van der Waals surface area contributed by atoms with Crippen molar-refractivity contribution in [1.82, 2.24) is 5.32 Å². The molecule has 2 N–H and O–H groups in total. The molecule has 0 aromatic heterocycles. The van der Waals surface area contributed by atoms with Crippen LogP contribution in [0.15, 0.2) is 40.9 Å². The highest BCUT2D eigenvalue weighted by atomic mass is 79.9. The molecule has 132 valence electrons. The summed E-state index contributed by atoms with van der Waals surface area (Å²) in [6.07, 6.45) is 1.09. The molecular weight excluding hydrogens is 409 g/mol. The van der Waals surface area contributed by atoms with Crippen molar-refractivity contribution in [2.24, 2.45) is 0 Å². The highest BCUT2D eigenvalue weighted by molar-refractivity contribution is 9.10. The molecule has 0 aliphatic carbocycles. The van der Waals surface area contributed by atoms with Gasteiger partial charge in [-0.25, -0.2) is 4.39 Å². The van der Waals surface area contributed by atoms with Gasteiger partial charge < -0.3 is 15.2 Å². The summed E-state index contributed by atoms with van der Waals surface area (Å²) in [6.45, 7) is 2.30. The molecule has 25 heavy (non-hydrogen) atoms. The van der Waals surface area contributed by atoms with Crippen LogP contribution in [0.25, 0.3) is 0 Å². The van der Waals surface area contributed by atoms with Crippen LogP contribution in [0.4, 0.5) is 4.39 Å². The summed E-state index contributed by atoms with van der Waals surface area (Å²) in [6, 6.07) is 11.1. The van der Waals surface area contributed by atoms with Crippen LogP contribution in [-0.4, -0.2) is 23.3 Å². The van der Waals surface area contributed by atoms with Crippen molar-refractivity contribution >= 4 is 27.5 Å². The number of β-amino-alcohol motifs (C(OH)–C–C–N with tert-alkyl or cyclic N) is 1. The van der Waals surface area contributed by atoms with Gasteiger partial charge in [0, 0.05) is 29.1 Å². The van der Waals surface area contributed by atoms with Crippen molar-refractivity contribution in [3.05, 3.63) is 62.8 Å². The Labute approximate surface area is 159 Å². The molecule has 2 unspecified atom stereocenters. The predicted octanol–water partition coefficient (Wildman–Crippen LogP) is 4.18. The maximum Gasteiger partial charge on any atom is 0.153 e. The van der Waals surface area contributed by atoms with Gasteiger partial charge in [0.25, 0.3) is 0 Å². The van der Waals surface area contributed by atoms with Crippen LogP contribution in [0.5, 0.6) is 5.75 Å². The zero-order valence-corrected chi connectivity index (χ0v) is 16.0. The van der Waals surface area contributed by atoms with Gasteiger partial charge in [-0.3, -0.25) is 0 Å². The summed E-state index contributed by atoms with van der Waals surface area (Å²) in [5, 5.41) is 13.9. The summed E-state index contributed by atoms with van der Waals surface area (Å²) in [5.74, 6) is -0.0199. The first-order valence-corrected chi connectivity index (χ1v) is 9.36.